The van der Waals surface area contributed by atoms with Crippen LogP contribution < -0.4 is 16.2 Å². The molecule has 0 amide bonds. The van der Waals surface area contributed by atoms with E-state index in [0.29, 0.717) is 6.42 Å². The van der Waals surface area contributed by atoms with E-state index in [1.807, 2.05) is 6.92 Å². The van der Waals surface area contributed by atoms with Crippen molar-refractivity contribution in [2.45, 2.75) is 30.7 Å². The van der Waals surface area contributed by atoms with Gasteiger partial charge in [-0.2, -0.15) is 4.72 Å². The van der Waals surface area contributed by atoms with Gasteiger partial charge < -0.3 is 16.6 Å². The van der Waals surface area contributed by atoms with Crippen molar-refractivity contribution in [2.24, 2.45) is 16.5 Å². The fraction of sp³-hybridized carbons (Fsp3) is 0.385. The molecule has 1 atom stereocenters. The second kappa shape index (κ2) is 7.76. The Balaban J connectivity index is 2.75. The van der Waals surface area contributed by atoms with Gasteiger partial charge in [-0.05, 0) is 31.9 Å². The van der Waals surface area contributed by atoms with Gasteiger partial charge in [0.1, 0.15) is 6.04 Å². The van der Waals surface area contributed by atoms with Crippen LogP contribution in [0.3, 0.4) is 0 Å². The Kier molecular flexibility index (Phi) is 6.32. The number of aryl methyl sites for hydroxylation is 1. The molecule has 0 unspecified atom stereocenters. The Labute approximate surface area is 129 Å². The molecule has 0 saturated carbocycles. The third kappa shape index (κ3) is 5.70. The molecule has 0 aliphatic heterocycles. The third-order valence-electron chi connectivity index (χ3n) is 2.87. The summed E-state index contributed by atoms with van der Waals surface area (Å²) in [5.74, 6) is -1.34. The van der Waals surface area contributed by atoms with Gasteiger partial charge in [0.2, 0.25) is 10.0 Å². The molecular weight excluding hydrogens is 308 g/mol. The lowest BCUT2D eigenvalue weighted by atomic mass is 10.2. The predicted molar refractivity (Wildman–Crippen MR) is 82.8 cm³/mol. The summed E-state index contributed by atoms with van der Waals surface area (Å²) in [6, 6.07) is 4.90. The number of aliphatic carboxylic acids is 1. The number of hydrogen-bond acceptors (Lipinski definition) is 4. The van der Waals surface area contributed by atoms with Crippen molar-refractivity contribution in [1.29, 1.82) is 0 Å². The van der Waals surface area contributed by atoms with Gasteiger partial charge in [0, 0.05) is 6.54 Å². The Morgan fingerprint density at radius 2 is 1.91 bits per heavy atom. The molecule has 122 valence electrons. The van der Waals surface area contributed by atoms with E-state index in [9.17, 15) is 13.2 Å². The molecule has 0 fully saturated rings. The van der Waals surface area contributed by atoms with Crippen LogP contribution in [-0.4, -0.2) is 38.0 Å². The van der Waals surface area contributed by atoms with E-state index >= 15 is 0 Å². The second-order valence-corrected chi connectivity index (χ2v) is 6.49. The number of carbonyl (C=O) groups is 1. The molecule has 1 rings (SSSR count). The highest BCUT2D eigenvalue weighted by Crippen LogP contribution is 2.12. The quantitative estimate of drug-likeness (QED) is 0.294. The number of aliphatic imine (C=N–C) groups is 1. The number of carboxylic acid groups (broad SMARTS) is 1. The van der Waals surface area contributed by atoms with E-state index < -0.39 is 22.0 Å². The molecule has 0 saturated heterocycles. The highest BCUT2D eigenvalue weighted by Gasteiger charge is 2.24. The summed E-state index contributed by atoms with van der Waals surface area (Å²) in [4.78, 5) is 14.9. The summed E-state index contributed by atoms with van der Waals surface area (Å²) >= 11 is 0. The van der Waals surface area contributed by atoms with Crippen LogP contribution >= 0.6 is 0 Å². The predicted octanol–water partition coefficient (Wildman–Crippen LogP) is -0.220. The highest BCUT2D eigenvalue weighted by atomic mass is 32.2. The molecule has 1 aromatic rings. The topological polar surface area (TPSA) is 148 Å². The largest absolute Gasteiger partial charge is 0.480 e. The second-order valence-electron chi connectivity index (χ2n) is 4.77. The van der Waals surface area contributed by atoms with Crippen LogP contribution in [0.2, 0.25) is 0 Å². The Morgan fingerprint density at radius 3 is 2.41 bits per heavy atom. The molecule has 0 bridgehead atoms. The molecule has 22 heavy (non-hydrogen) atoms. The zero-order chi connectivity index (χ0) is 16.8. The Hall–Kier alpha value is -2.13. The smallest absolute Gasteiger partial charge is 0.321 e. The molecular formula is C13H20N4O4S. The summed E-state index contributed by atoms with van der Waals surface area (Å²) in [5, 5.41) is 9.12. The molecule has 0 spiro atoms. The van der Waals surface area contributed by atoms with Crippen molar-refractivity contribution < 1.29 is 18.3 Å². The minimum atomic E-state index is -3.89. The molecule has 9 heteroatoms. The Morgan fingerprint density at radius 1 is 1.32 bits per heavy atom. The van der Waals surface area contributed by atoms with E-state index in [0.717, 1.165) is 5.56 Å². The Bertz CT molecular complexity index is 637. The number of hydrogen-bond donors (Lipinski definition) is 4. The number of nitrogens with two attached hydrogens (primary N) is 2. The van der Waals surface area contributed by atoms with Gasteiger partial charge in [0.05, 0.1) is 4.90 Å². The number of guanidine groups is 1. The van der Waals surface area contributed by atoms with Crippen LogP contribution in [-0.2, 0) is 14.8 Å². The van der Waals surface area contributed by atoms with Crippen molar-refractivity contribution in [3.05, 3.63) is 29.8 Å². The molecule has 0 heterocycles. The number of nitrogens with one attached hydrogen (secondary N) is 1. The van der Waals surface area contributed by atoms with Crippen molar-refractivity contribution in [2.75, 3.05) is 6.54 Å². The number of carboxylic acids is 1. The van der Waals surface area contributed by atoms with Crippen molar-refractivity contribution in [3.63, 3.8) is 0 Å². The van der Waals surface area contributed by atoms with Crippen LogP contribution in [0.15, 0.2) is 34.2 Å². The van der Waals surface area contributed by atoms with Crippen molar-refractivity contribution in [3.8, 4) is 0 Å². The first-order valence-corrected chi connectivity index (χ1v) is 8.08. The number of sulfonamides is 1. The first-order valence-electron chi connectivity index (χ1n) is 6.59. The molecule has 1 aromatic carbocycles. The number of nitrogens with zero attached hydrogens (tertiary/aromatic N) is 1. The summed E-state index contributed by atoms with van der Waals surface area (Å²) in [6.45, 7) is 2.06. The van der Waals surface area contributed by atoms with Gasteiger partial charge in [-0.15, -0.1) is 0 Å². The summed E-state index contributed by atoms with van der Waals surface area (Å²) in [7, 11) is -3.89. The maximum atomic E-state index is 12.2. The number of benzene rings is 1. The van der Waals surface area contributed by atoms with E-state index in [1.54, 1.807) is 12.1 Å². The van der Waals surface area contributed by atoms with Crippen molar-refractivity contribution in [1.82, 2.24) is 4.72 Å². The van der Waals surface area contributed by atoms with Gasteiger partial charge in [-0.25, -0.2) is 8.42 Å². The molecule has 0 aliphatic rings. The average Bonchev–Trinajstić information content (AvgIpc) is 2.42. The first kappa shape index (κ1) is 17.9. The van der Waals surface area contributed by atoms with Crippen molar-refractivity contribution >= 4 is 22.0 Å². The highest BCUT2D eigenvalue weighted by molar-refractivity contribution is 7.89. The number of rotatable bonds is 8. The van der Waals surface area contributed by atoms with Crippen LogP contribution in [0, 0.1) is 6.92 Å². The lowest BCUT2D eigenvalue weighted by Gasteiger charge is -2.14. The molecule has 8 nitrogen and oxygen atoms in total. The first-order chi connectivity index (χ1) is 10.2. The van der Waals surface area contributed by atoms with Gasteiger partial charge in [-0.3, -0.25) is 9.79 Å². The molecule has 0 aromatic heterocycles. The maximum Gasteiger partial charge on any atom is 0.321 e. The van der Waals surface area contributed by atoms with E-state index in [1.165, 1.54) is 12.1 Å². The van der Waals surface area contributed by atoms with Gasteiger partial charge in [0.15, 0.2) is 5.96 Å². The summed E-state index contributed by atoms with van der Waals surface area (Å²) < 4.78 is 26.5. The fourth-order valence-corrected chi connectivity index (χ4v) is 2.93. The lowest BCUT2D eigenvalue weighted by Crippen LogP contribution is -2.40. The standard InChI is InChI=1S/C13H20N4O4S/c1-9-4-6-10(7-5-9)22(20,21)17-11(12(18)19)3-2-8-16-13(14)15/h4-7,11,17H,2-3,8H2,1H3,(H,18,19)(H4,14,15,16)/t11-/m1/s1. The van der Waals surface area contributed by atoms with Gasteiger partial charge in [-0.1, -0.05) is 17.7 Å². The fourth-order valence-electron chi connectivity index (χ4n) is 1.71. The van der Waals surface area contributed by atoms with E-state index in [-0.39, 0.29) is 23.8 Å². The normalized spacial score (nSPS) is 12.6. The lowest BCUT2D eigenvalue weighted by molar-refractivity contribution is -0.139. The van der Waals surface area contributed by atoms with Gasteiger partial charge in [0.25, 0.3) is 0 Å². The average molecular weight is 328 g/mol. The van der Waals surface area contributed by atoms with Crippen LogP contribution in [0.4, 0.5) is 0 Å². The van der Waals surface area contributed by atoms with Crippen LogP contribution in [0.5, 0.6) is 0 Å². The van der Waals surface area contributed by atoms with E-state index in [4.69, 9.17) is 16.6 Å². The minimum Gasteiger partial charge on any atom is -0.480 e. The molecule has 0 radical (unpaired) electrons. The third-order valence-corrected chi connectivity index (χ3v) is 4.36. The summed E-state index contributed by atoms with van der Waals surface area (Å²) in [5.41, 5.74) is 11.2. The minimum absolute atomic E-state index is 0.0218. The maximum absolute atomic E-state index is 12.2. The van der Waals surface area contributed by atoms with Gasteiger partial charge >= 0.3 is 5.97 Å². The van der Waals surface area contributed by atoms with E-state index in [2.05, 4.69) is 9.71 Å². The van der Waals surface area contributed by atoms with Crippen LogP contribution in [0.25, 0.3) is 0 Å². The SMILES string of the molecule is Cc1ccc(S(=O)(=O)N[C@H](CCCN=C(N)N)C(=O)O)cc1. The molecule has 6 N–H and O–H groups in total. The molecule has 0 aliphatic carbocycles. The zero-order valence-electron chi connectivity index (χ0n) is 12.2. The van der Waals surface area contributed by atoms with Crippen LogP contribution in [0.1, 0.15) is 18.4 Å². The monoisotopic (exact) mass is 328 g/mol. The summed E-state index contributed by atoms with van der Waals surface area (Å²) in [6.07, 6.45) is 0.419. The zero-order valence-corrected chi connectivity index (χ0v) is 13.0.